The van der Waals surface area contributed by atoms with E-state index in [1.54, 1.807) is 12.3 Å². The molecule has 1 aromatic carbocycles. The Morgan fingerprint density at radius 1 is 1.15 bits per heavy atom. The number of nitrogens with one attached hydrogen (secondary N) is 4. The lowest BCUT2D eigenvalue weighted by molar-refractivity contribution is 0.109. The Morgan fingerprint density at radius 3 is 2.49 bits per heavy atom. The van der Waals surface area contributed by atoms with Gasteiger partial charge in [0.2, 0.25) is 10.0 Å². The molecule has 1 amide bonds. The molecular weight excluding hydrogens is 536 g/mol. The molecule has 1 aliphatic carbocycles. The normalized spacial score (nSPS) is 18.2. The van der Waals surface area contributed by atoms with Crippen molar-refractivity contribution in [2.75, 3.05) is 5.32 Å². The first kappa shape index (κ1) is 29.0. The molecule has 0 radical (unpaired) electrons. The number of amides is 1. The molecule has 4 N–H and O–H groups in total. The second kappa shape index (κ2) is 11.6. The van der Waals surface area contributed by atoms with Gasteiger partial charge >= 0.3 is 6.09 Å². The van der Waals surface area contributed by atoms with Gasteiger partial charge < -0.3 is 15.4 Å². The molecular formula is C27H38N6O4S2. The van der Waals surface area contributed by atoms with Crippen LogP contribution in [0.2, 0.25) is 0 Å². The van der Waals surface area contributed by atoms with Crippen molar-refractivity contribution in [1.29, 1.82) is 0 Å². The number of thiazole rings is 1. The second-order valence-corrected chi connectivity index (χ2v) is 14.1. The van der Waals surface area contributed by atoms with Crippen LogP contribution in [0, 0.1) is 6.92 Å². The number of benzene rings is 1. The number of carbonyl (C=O) groups is 1. The molecule has 212 valence electrons. The maximum atomic E-state index is 13.5. The lowest BCUT2D eigenvalue weighted by Crippen LogP contribution is -2.40. The third-order valence-corrected chi connectivity index (χ3v) is 9.21. The molecule has 12 heteroatoms. The van der Waals surface area contributed by atoms with Crippen molar-refractivity contribution >= 4 is 39.0 Å². The largest absolute Gasteiger partial charge is 0.447 e. The average molecular weight is 575 g/mol. The molecule has 2 aromatic heterocycles. The summed E-state index contributed by atoms with van der Waals surface area (Å²) in [5.74, 6) is 0.870. The predicted molar refractivity (Wildman–Crippen MR) is 154 cm³/mol. The van der Waals surface area contributed by atoms with E-state index in [2.05, 4.69) is 25.6 Å². The summed E-state index contributed by atoms with van der Waals surface area (Å²) in [7, 11) is -3.84. The second-order valence-electron chi connectivity index (χ2n) is 11.3. The van der Waals surface area contributed by atoms with Gasteiger partial charge in [0.1, 0.15) is 0 Å². The molecule has 10 nitrogen and oxygen atoms in total. The van der Waals surface area contributed by atoms with E-state index >= 15 is 0 Å². The number of anilines is 2. The zero-order valence-corrected chi connectivity index (χ0v) is 24.9. The lowest BCUT2D eigenvalue weighted by Gasteiger charge is -2.28. The van der Waals surface area contributed by atoms with Gasteiger partial charge in [-0.2, -0.15) is 5.10 Å². The summed E-state index contributed by atoms with van der Waals surface area (Å²) in [6.45, 7) is 11.0. The van der Waals surface area contributed by atoms with Crippen molar-refractivity contribution in [2.24, 2.45) is 0 Å². The highest BCUT2D eigenvalue weighted by Gasteiger charge is 2.29. The van der Waals surface area contributed by atoms with Gasteiger partial charge in [-0.05, 0) is 79.4 Å². The minimum absolute atomic E-state index is 0.0884. The number of rotatable bonds is 8. The van der Waals surface area contributed by atoms with Crippen molar-refractivity contribution in [3.05, 3.63) is 41.2 Å². The van der Waals surface area contributed by atoms with Crippen LogP contribution in [0.25, 0.3) is 10.4 Å². The lowest BCUT2D eigenvalue weighted by atomic mass is 9.86. The highest BCUT2D eigenvalue weighted by Crippen LogP contribution is 2.40. The third kappa shape index (κ3) is 7.80. The van der Waals surface area contributed by atoms with Crippen LogP contribution in [0.3, 0.4) is 0 Å². The molecule has 3 aromatic rings. The summed E-state index contributed by atoms with van der Waals surface area (Å²) in [6.07, 6.45) is 4.71. The number of aromatic amines is 1. The minimum atomic E-state index is -3.84. The third-order valence-electron chi connectivity index (χ3n) is 6.22. The first-order valence-corrected chi connectivity index (χ1v) is 15.5. The number of aryl methyl sites for hydroxylation is 1. The fourth-order valence-electron chi connectivity index (χ4n) is 4.61. The van der Waals surface area contributed by atoms with E-state index in [1.165, 1.54) is 11.3 Å². The van der Waals surface area contributed by atoms with Crippen LogP contribution in [-0.4, -0.2) is 47.4 Å². The number of sulfonamides is 1. The first-order chi connectivity index (χ1) is 18.3. The predicted octanol–water partition coefficient (Wildman–Crippen LogP) is 5.82. The van der Waals surface area contributed by atoms with E-state index in [-0.39, 0.29) is 29.1 Å². The topological polar surface area (TPSA) is 138 Å². The molecule has 0 saturated heterocycles. The molecule has 4 rings (SSSR count). The number of nitrogens with zero attached hydrogens (tertiary/aromatic N) is 2. The zero-order chi connectivity index (χ0) is 28.4. The smallest absolute Gasteiger partial charge is 0.407 e. The maximum absolute atomic E-state index is 13.5. The SMILES string of the molecule is Cc1cc(Nc2ccc(-c3cnc([C@H]4CC[C@H](NC(=O)OC(C)C)CC4)s3)c(S(=O)(=O)NC(C)(C)C)c2)n[nH]1. The van der Waals surface area contributed by atoms with Crippen LogP contribution in [0.15, 0.2) is 35.4 Å². The number of H-pyrrole nitrogens is 1. The quantitative estimate of drug-likeness (QED) is 0.266. The summed E-state index contributed by atoms with van der Waals surface area (Å²) in [5.41, 5.74) is 1.47. The molecule has 1 aliphatic rings. The summed E-state index contributed by atoms with van der Waals surface area (Å²) in [4.78, 5) is 17.6. The zero-order valence-electron chi connectivity index (χ0n) is 23.3. The Kier molecular flexibility index (Phi) is 8.67. The summed E-state index contributed by atoms with van der Waals surface area (Å²) in [5, 5.41) is 14.2. The Balaban J connectivity index is 1.55. The molecule has 0 unspecified atom stereocenters. The van der Waals surface area contributed by atoms with Crippen molar-refractivity contribution in [2.45, 2.75) is 95.7 Å². The van der Waals surface area contributed by atoms with Gasteiger partial charge in [-0.3, -0.25) is 5.10 Å². The van der Waals surface area contributed by atoms with E-state index in [9.17, 15) is 13.2 Å². The van der Waals surface area contributed by atoms with Gasteiger partial charge in [0.05, 0.1) is 20.9 Å². The van der Waals surface area contributed by atoms with Crippen LogP contribution < -0.4 is 15.4 Å². The van der Waals surface area contributed by atoms with Crippen molar-refractivity contribution in [3.8, 4) is 10.4 Å². The van der Waals surface area contributed by atoms with E-state index in [4.69, 9.17) is 9.72 Å². The Hall–Kier alpha value is -2.96. The minimum Gasteiger partial charge on any atom is -0.447 e. The van der Waals surface area contributed by atoms with Gasteiger partial charge in [0, 0.05) is 46.7 Å². The van der Waals surface area contributed by atoms with E-state index in [0.717, 1.165) is 41.3 Å². The van der Waals surface area contributed by atoms with Crippen LogP contribution in [0.5, 0.6) is 0 Å². The molecule has 0 spiro atoms. The van der Waals surface area contributed by atoms with Crippen LogP contribution >= 0.6 is 11.3 Å². The Bertz CT molecular complexity index is 1400. The van der Waals surface area contributed by atoms with E-state index in [0.29, 0.717) is 17.1 Å². The van der Waals surface area contributed by atoms with Crippen LogP contribution in [0.1, 0.15) is 76.9 Å². The number of carbonyl (C=O) groups excluding carboxylic acids is 1. The van der Waals surface area contributed by atoms with Crippen molar-refractivity contribution in [1.82, 2.24) is 25.2 Å². The van der Waals surface area contributed by atoms with E-state index in [1.807, 2.05) is 59.7 Å². The van der Waals surface area contributed by atoms with Gasteiger partial charge in [-0.15, -0.1) is 11.3 Å². The standard InChI is InChI=1S/C27H38N6O4S2/c1-16(2)37-26(34)30-19-9-7-18(8-10-19)25-28-15-22(38-25)21-12-11-20(29-24-13-17(3)31-32-24)14-23(21)39(35,36)33-27(4,5)6/h11-16,18-19,33H,7-10H2,1-6H3,(H,30,34)(H2,29,31,32)/t18-,19-. The summed E-state index contributed by atoms with van der Waals surface area (Å²) >= 11 is 1.52. The van der Waals surface area contributed by atoms with Gasteiger partial charge in [0.25, 0.3) is 0 Å². The Morgan fingerprint density at radius 2 is 1.87 bits per heavy atom. The highest BCUT2D eigenvalue weighted by molar-refractivity contribution is 7.89. The first-order valence-electron chi connectivity index (χ1n) is 13.2. The van der Waals surface area contributed by atoms with Gasteiger partial charge in [-0.1, -0.05) is 6.07 Å². The molecule has 1 saturated carbocycles. The molecule has 0 bridgehead atoms. The van der Waals surface area contributed by atoms with Gasteiger partial charge in [0.15, 0.2) is 5.82 Å². The average Bonchev–Trinajstić information content (AvgIpc) is 3.47. The van der Waals surface area contributed by atoms with E-state index < -0.39 is 15.6 Å². The number of hydrogen-bond donors (Lipinski definition) is 4. The van der Waals surface area contributed by atoms with Crippen LogP contribution in [-0.2, 0) is 14.8 Å². The number of hydrogen-bond acceptors (Lipinski definition) is 8. The summed E-state index contributed by atoms with van der Waals surface area (Å²) in [6, 6.07) is 7.24. The summed E-state index contributed by atoms with van der Waals surface area (Å²) < 4.78 is 35.0. The van der Waals surface area contributed by atoms with Gasteiger partial charge in [-0.25, -0.2) is 22.9 Å². The fourth-order valence-corrected chi connectivity index (χ4v) is 7.47. The molecule has 2 heterocycles. The Labute approximate surface area is 234 Å². The highest BCUT2D eigenvalue weighted by atomic mass is 32.2. The van der Waals surface area contributed by atoms with Crippen molar-refractivity contribution in [3.63, 3.8) is 0 Å². The van der Waals surface area contributed by atoms with Crippen LogP contribution in [0.4, 0.5) is 16.3 Å². The number of alkyl carbamates (subject to hydrolysis) is 1. The molecule has 0 aliphatic heterocycles. The number of aromatic nitrogens is 3. The molecule has 1 fully saturated rings. The molecule has 0 atom stereocenters. The fraction of sp³-hybridized carbons (Fsp3) is 0.519. The number of ether oxygens (including phenoxy) is 1. The molecule has 39 heavy (non-hydrogen) atoms. The van der Waals surface area contributed by atoms with Crippen molar-refractivity contribution < 1.29 is 17.9 Å². The monoisotopic (exact) mass is 574 g/mol. The maximum Gasteiger partial charge on any atom is 0.407 e.